The van der Waals surface area contributed by atoms with Crippen molar-refractivity contribution in [3.8, 4) is 0 Å². The lowest BCUT2D eigenvalue weighted by Gasteiger charge is -2.30. The highest BCUT2D eigenvalue weighted by molar-refractivity contribution is 7.87. The molecule has 0 saturated heterocycles. The maximum Gasteiger partial charge on any atom is 0.279 e. The minimum absolute atomic E-state index is 0.0869. The molecule has 2 N–H and O–H groups in total. The molecule has 1 aliphatic rings. The van der Waals surface area contributed by atoms with Gasteiger partial charge in [0, 0.05) is 19.6 Å². The van der Waals surface area contributed by atoms with Gasteiger partial charge in [0.15, 0.2) is 0 Å². The smallest absolute Gasteiger partial charge is 0.279 e. The third kappa shape index (κ3) is 4.26. The first-order chi connectivity index (χ1) is 10.0. The molecule has 0 aliphatic heterocycles. The summed E-state index contributed by atoms with van der Waals surface area (Å²) in [4.78, 5) is 0. The summed E-state index contributed by atoms with van der Waals surface area (Å²) < 4.78 is 28.8. The SMILES string of the molecule is CN(C1CCCCC1)S(=O)(=O)NCc1ccccc1CO. The van der Waals surface area contributed by atoms with Crippen molar-refractivity contribution in [3.63, 3.8) is 0 Å². The lowest BCUT2D eigenvalue weighted by Crippen LogP contribution is -2.44. The normalized spacial score (nSPS) is 17.3. The van der Waals surface area contributed by atoms with Crippen molar-refractivity contribution in [2.75, 3.05) is 7.05 Å². The third-order valence-electron chi connectivity index (χ3n) is 4.20. The molecule has 0 radical (unpaired) electrons. The molecule has 0 amide bonds. The average Bonchev–Trinajstić information content (AvgIpc) is 2.53. The summed E-state index contributed by atoms with van der Waals surface area (Å²) in [5.41, 5.74) is 1.56. The highest BCUT2D eigenvalue weighted by Crippen LogP contribution is 2.23. The van der Waals surface area contributed by atoms with Crippen LogP contribution in [0, 0.1) is 0 Å². The highest BCUT2D eigenvalue weighted by atomic mass is 32.2. The van der Waals surface area contributed by atoms with Crippen molar-refractivity contribution >= 4 is 10.2 Å². The van der Waals surface area contributed by atoms with E-state index in [-0.39, 0.29) is 19.2 Å². The summed E-state index contributed by atoms with van der Waals surface area (Å²) >= 11 is 0. The zero-order valence-corrected chi connectivity index (χ0v) is 13.3. The van der Waals surface area contributed by atoms with Crippen molar-refractivity contribution in [3.05, 3.63) is 35.4 Å². The van der Waals surface area contributed by atoms with Gasteiger partial charge in [-0.2, -0.15) is 17.4 Å². The van der Waals surface area contributed by atoms with Gasteiger partial charge in [0.2, 0.25) is 0 Å². The van der Waals surface area contributed by atoms with Crippen molar-refractivity contribution in [1.29, 1.82) is 0 Å². The van der Waals surface area contributed by atoms with Crippen molar-refractivity contribution in [2.24, 2.45) is 0 Å². The Bertz CT molecular complexity index is 554. The lowest BCUT2D eigenvalue weighted by molar-refractivity contribution is 0.279. The molecule has 1 saturated carbocycles. The molecule has 5 nitrogen and oxygen atoms in total. The molecule has 0 unspecified atom stereocenters. The van der Waals surface area contributed by atoms with E-state index in [4.69, 9.17) is 0 Å². The lowest BCUT2D eigenvalue weighted by atomic mass is 9.96. The summed E-state index contributed by atoms with van der Waals surface area (Å²) in [5, 5.41) is 9.27. The first-order valence-electron chi connectivity index (χ1n) is 7.45. The van der Waals surface area contributed by atoms with Gasteiger partial charge in [-0.05, 0) is 24.0 Å². The van der Waals surface area contributed by atoms with Gasteiger partial charge in [0.1, 0.15) is 0 Å². The van der Waals surface area contributed by atoms with E-state index in [1.54, 1.807) is 13.1 Å². The maximum absolute atomic E-state index is 12.4. The van der Waals surface area contributed by atoms with Crippen LogP contribution in [0.4, 0.5) is 0 Å². The number of hydrogen-bond donors (Lipinski definition) is 2. The quantitative estimate of drug-likeness (QED) is 0.841. The van der Waals surface area contributed by atoms with E-state index in [9.17, 15) is 13.5 Å². The Balaban J connectivity index is 2.00. The van der Waals surface area contributed by atoms with Gasteiger partial charge in [-0.3, -0.25) is 0 Å². The van der Waals surface area contributed by atoms with Crippen LogP contribution in [0.5, 0.6) is 0 Å². The minimum Gasteiger partial charge on any atom is -0.392 e. The third-order valence-corrected chi connectivity index (χ3v) is 5.77. The fourth-order valence-electron chi connectivity index (χ4n) is 2.80. The van der Waals surface area contributed by atoms with Gasteiger partial charge in [0.05, 0.1) is 6.61 Å². The molecular weight excluding hydrogens is 288 g/mol. The summed E-state index contributed by atoms with van der Waals surface area (Å²) in [5.74, 6) is 0. The highest BCUT2D eigenvalue weighted by Gasteiger charge is 2.27. The van der Waals surface area contributed by atoms with Gasteiger partial charge in [-0.1, -0.05) is 43.5 Å². The topological polar surface area (TPSA) is 69.6 Å². The number of nitrogens with one attached hydrogen (secondary N) is 1. The molecule has 1 fully saturated rings. The zero-order valence-electron chi connectivity index (χ0n) is 12.5. The van der Waals surface area contributed by atoms with Gasteiger partial charge < -0.3 is 5.11 Å². The van der Waals surface area contributed by atoms with Crippen LogP contribution in [-0.4, -0.2) is 30.9 Å². The van der Waals surface area contributed by atoms with Crippen LogP contribution in [0.1, 0.15) is 43.2 Å². The second kappa shape index (κ2) is 7.35. The monoisotopic (exact) mass is 312 g/mol. The molecular formula is C15H24N2O3S. The maximum atomic E-state index is 12.4. The van der Waals surface area contributed by atoms with Crippen molar-refractivity contribution in [2.45, 2.75) is 51.3 Å². The van der Waals surface area contributed by atoms with Gasteiger partial charge in [-0.15, -0.1) is 0 Å². The number of nitrogens with zero attached hydrogens (tertiary/aromatic N) is 1. The van der Waals surface area contributed by atoms with Gasteiger partial charge in [0.25, 0.3) is 10.2 Å². The van der Waals surface area contributed by atoms with E-state index in [1.807, 2.05) is 18.2 Å². The molecule has 1 aromatic rings. The molecule has 2 rings (SSSR count). The fourth-order valence-corrected chi connectivity index (χ4v) is 3.94. The zero-order chi connectivity index (χ0) is 15.3. The van der Waals surface area contributed by atoms with E-state index in [1.165, 1.54) is 10.7 Å². The van der Waals surface area contributed by atoms with Gasteiger partial charge in [-0.25, -0.2) is 0 Å². The van der Waals surface area contributed by atoms with Crippen LogP contribution in [-0.2, 0) is 23.4 Å². The van der Waals surface area contributed by atoms with Crippen molar-refractivity contribution in [1.82, 2.24) is 9.03 Å². The van der Waals surface area contributed by atoms with Crippen LogP contribution in [0.25, 0.3) is 0 Å². The Morgan fingerprint density at radius 2 is 1.81 bits per heavy atom. The molecule has 21 heavy (non-hydrogen) atoms. The molecule has 118 valence electrons. The molecule has 0 heterocycles. The Morgan fingerprint density at radius 3 is 2.43 bits per heavy atom. The van der Waals surface area contributed by atoms with E-state index in [0.717, 1.165) is 36.8 Å². The Kier molecular flexibility index (Phi) is 5.75. The number of benzene rings is 1. The predicted octanol–water partition coefficient (Wildman–Crippen LogP) is 1.78. The van der Waals surface area contributed by atoms with Crippen molar-refractivity contribution < 1.29 is 13.5 Å². The summed E-state index contributed by atoms with van der Waals surface area (Å²) in [6.07, 6.45) is 5.26. The second-order valence-electron chi connectivity index (χ2n) is 5.56. The van der Waals surface area contributed by atoms with Crippen LogP contribution >= 0.6 is 0 Å². The Hall–Kier alpha value is -0.950. The summed E-state index contributed by atoms with van der Waals surface area (Å²) in [7, 11) is -1.83. The summed E-state index contributed by atoms with van der Waals surface area (Å²) in [6.45, 7) is 0.118. The molecule has 1 aromatic carbocycles. The van der Waals surface area contributed by atoms with E-state index in [0.29, 0.717) is 0 Å². The number of aliphatic hydroxyl groups is 1. The first kappa shape index (κ1) is 16.4. The van der Waals surface area contributed by atoms with E-state index < -0.39 is 10.2 Å². The van der Waals surface area contributed by atoms with Crippen LogP contribution in [0.3, 0.4) is 0 Å². The fraction of sp³-hybridized carbons (Fsp3) is 0.600. The number of hydrogen-bond acceptors (Lipinski definition) is 3. The second-order valence-corrected chi connectivity index (χ2v) is 7.38. The molecule has 1 aliphatic carbocycles. The number of aliphatic hydroxyl groups excluding tert-OH is 1. The average molecular weight is 312 g/mol. The standard InChI is InChI=1S/C15H24N2O3S/c1-17(15-9-3-2-4-10-15)21(19,20)16-11-13-7-5-6-8-14(13)12-18/h5-8,15-16,18H,2-4,9-12H2,1H3. The van der Waals surface area contributed by atoms with Crippen LogP contribution < -0.4 is 4.72 Å². The number of rotatable bonds is 6. The molecule has 0 aromatic heterocycles. The van der Waals surface area contributed by atoms with Crippen LogP contribution in [0.2, 0.25) is 0 Å². The minimum atomic E-state index is -3.48. The largest absolute Gasteiger partial charge is 0.392 e. The molecule has 0 atom stereocenters. The Morgan fingerprint density at radius 1 is 1.19 bits per heavy atom. The Labute approximate surface area is 127 Å². The van der Waals surface area contributed by atoms with E-state index in [2.05, 4.69) is 4.72 Å². The first-order valence-corrected chi connectivity index (χ1v) is 8.89. The van der Waals surface area contributed by atoms with Crippen LogP contribution in [0.15, 0.2) is 24.3 Å². The van der Waals surface area contributed by atoms with Gasteiger partial charge >= 0.3 is 0 Å². The summed E-state index contributed by atoms with van der Waals surface area (Å²) in [6, 6.07) is 7.40. The predicted molar refractivity (Wildman–Crippen MR) is 82.8 cm³/mol. The van der Waals surface area contributed by atoms with E-state index >= 15 is 0 Å². The molecule has 6 heteroatoms. The molecule has 0 spiro atoms. The molecule has 0 bridgehead atoms.